The first-order valence-electron chi connectivity index (χ1n) is 7.05. The van der Waals surface area contributed by atoms with Gasteiger partial charge in [-0.15, -0.1) is 0 Å². The predicted octanol–water partition coefficient (Wildman–Crippen LogP) is 3.07. The predicted molar refractivity (Wildman–Crippen MR) is 80.0 cm³/mol. The van der Waals surface area contributed by atoms with Crippen LogP contribution in [0.2, 0.25) is 0 Å². The lowest BCUT2D eigenvalue weighted by Crippen LogP contribution is -2.28. The molecule has 1 aromatic rings. The number of rotatable bonds is 7. The summed E-state index contributed by atoms with van der Waals surface area (Å²) in [7, 11) is 0. The van der Waals surface area contributed by atoms with Crippen molar-refractivity contribution in [1.82, 2.24) is 10.6 Å². The highest BCUT2D eigenvalue weighted by Crippen LogP contribution is 2.25. The zero-order valence-corrected chi connectivity index (χ0v) is 12.3. The smallest absolute Gasteiger partial charge is 0.0208 e. The molecule has 0 heterocycles. The molecular formula is C16H28N2. The molecule has 0 aliphatic rings. The second-order valence-electron chi connectivity index (χ2n) is 5.83. The van der Waals surface area contributed by atoms with E-state index in [1.165, 1.54) is 17.5 Å². The summed E-state index contributed by atoms with van der Waals surface area (Å²) in [4.78, 5) is 0. The minimum atomic E-state index is 0.221. The molecule has 18 heavy (non-hydrogen) atoms. The largest absolute Gasteiger partial charge is 0.315 e. The Bertz CT molecular complexity index is 339. The Hall–Kier alpha value is -0.860. The van der Waals surface area contributed by atoms with E-state index in [-0.39, 0.29) is 5.41 Å². The summed E-state index contributed by atoms with van der Waals surface area (Å²) in [6.45, 7) is 13.2. The molecule has 0 unspecified atom stereocenters. The molecule has 0 aromatic heterocycles. The Morgan fingerprint density at radius 1 is 0.944 bits per heavy atom. The molecule has 102 valence electrons. The zero-order valence-electron chi connectivity index (χ0n) is 12.3. The first-order valence-corrected chi connectivity index (χ1v) is 7.05. The van der Waals surface area contributed by atoms with Crippen LogP contribution in [0, 0.1) is 0 Å². The van der Waals surface area contributed by atoms with Gasteiger partial charge in [0.1, 0.15) is 0 Å². The Balaban J connectivity index is 2.43. The maximum Gasteiger partial charge on any atom is 0.0208 e. The zero-order chi connectivity index (χ0) is 13.4. The van der Waals surface area contributed by atoms with Crippen LogP contribution in [0.3, 0.4) is 0 Å². The van der Waals surface area contributed by atoms with Crippen LogP contribution >= 0.6 is 0 Å². The number of benzene rings is 1. The van der Waals surface area contributed by atoms with E-state index in [0.717, 1.165) is 26.2 Å². The third-order valence-corrected chi connectivity index (χ3v) is 3.05. The summed E-state index contributed by atoms with van der Waals surface area (Å²) < 4.78 is 0. The summed E-state index contributed by atoms with van der Waals surface area (Å²) in [5, 5.41) is 6.91. The molecule has 0 saturated carbocycles. The van der Waals surface area contributed by atoms with Gasteiger partial charge in [0.05, 0.1) is 0 Å². The van der Waals surface area contributed by atoms with E-state index < -0.39 is 0 Å². The topological polar surface area (TPSA) is 24.1 Å². The molecule has 0 bridgehead atoms. The minimum absolute atomic E-state index is 0.221. The fraction of sp³-hybridized carbons (Fsp3) is 0.625. The van der Waals surface area contributed by atoms with Gasteiger partial charge in [-0.2, -0.15) is 0 Å². The van der Waals surface area contributed by atoms with Crippen LogP contribution in [0.1, 0.15) is 45.2 Å². The molecule has 0 atom stereocenters. The van der Waals surface area contributed by atoms with Gasteiger partial charge < -0.3 is 10.6 Å². The minimum Gasteiger partial charge on any atom is -0.315 e. The number of nitrogens with one attached hydrogen (secondary N) is 2. The molecule has 0 aliphatic heterocycles. The highest BCUT2D eigenvalue weighted by atomic mass is 14.9. The summed E-state index contributed by atoms with van der Waals surface area (Å²) in [6, 6.07) is 8.73. The average molecular weight is 248 g/mol. The van der Waals surface area contributed by atoms with E-state index in [1.54, 1.807) is 0 Å². The van der Waals surface area contributed by atoms with E-state index in [9.17, 15) is 0 Å². The second-order valence-corrected chi connectivity index (χ2v) is 5.83. The first-order chi connectivity index (χ1) is 8.55. The molecule has 2 nitrogen and oxygen atoms in total. The molecule has 1 aromatic carbocycles. The third kappa shape index (κ3) is 5.19. The fourth-order valence-corrected chi connectivity index (χ4v) is 2.11. The van der Waals surface area contributed by atoms with Crippen LogP contribution in [-0.4, -0.2) is 19.6 Å². The molecule has 0 fully saturated rings. The van der Waals surface area contributed by atoms with Crippen molar-refractivity contribution in [3.05, 3.63) is 35.4 Å². The summed E-state index contributed by atoms with van der Waals surface area (Å²) in [5.74, 6) is 0. The van der Waals surface area contributed by atoms with Crippen molar-refractivity contribution >= 4 is 0 Å². The quantitative estimate of drug-likeness (QED) is 0.725. The first kappa shape index (κ1) is 15.2. The third-order valence-electron chi connectivity index (χ3n) is 3.05. The maximum absolute atomic E-state index is 3.51. The van der Waals surface area contributed by atoms with E-state index in [2.05, 4.69) is 62.6 Å². The lowest BCUT2D eigenvalue weighted by atomic mass is 9.84. The SMILES string of the molecule is CCCNCCNCc1ccccc1C(C)(C)C. The molecule has 0 amide bonds. The van der Waals surface area contributed by atoms with Crippen LogP contribution in [0.15, 0.2) is 24.3 Å². The Kier molecular flexibility index (Phi) is 6.37. The van der Waals surface area contributed by atoms with Crippen molar-refractivity contribution in [1.29, 1.82) is 0 Å². The van der Waals surface area contributed by atoms with E-state index >= 15 is 0 Å². The van der Waals surface area contributed by atoms with Crippen molar-refractivity contribution in [2.24, 2.45) is 0 Å². The Morgan fingerprint density at radius 2 is 1.61 bits per heavy atom. The molecule has 2 N–H and O–H groups in total. The lowest BCUT2D eigenvalue weighted by molar-refractivity contribution is 0.566. The molecule has 0 aliphatic carbocycles. The summed E-state index contributed by atoms with van der Waals surface area (Å²) >= 11 is 0. The molecule has 0 saturated heterocycles. The standard InChI is InChI=1S/C16H28N2/c1-5-10-17-11-12-18-13-14-8-6-7-9-15(14)16(2,3)4/h6-9,17-18H,5,10-13H2,1-4H3. The normalized spacial score (nSPS) is 11.8. The average Bonchev–Trinajstić information content (AvgIpc) is 2.33. The lowest BCUT2D eigenvalue weighted by Gasteiger charge is -2.23. The Morgan fingerprint density at radius 3 is 2.28 bits per heavy atom. The highest BCUT2D eigenvalue weighted by molar-refractivity contribution is 5.32. The van der Waals surface area contributed by atoms with Gasteiger partial charge in [0, 0.05) is 19.6 Å². The van der Waals surface area contributed by atoms with Crippen molar-refractivity contribution in [3.63, 3.8) is 0 Å². The summed E-state index contributed by atoms with van der Waals surface area (Å²) in [5.41, 5.74) is 3.08. The fourth-order valence-electron chi connectivity index (χ4n) is 2.11. The number of hydrogen-bond acceptors (Lipinski definition) is 2. The monoisotopic (exact) mass is 248 g/mol. The second kappa shape index (κ2) is 7.55. The molecule has 0 radical (unpaired) electrons. The van der Waals surface area contributed by atoms with Crippen LogP contribution in [0.4, 0.5) is 0 Å². The highest BCUT2D eigenvalue weighted by Gasteiger charge is 2.16. The Labute approximate surface area is 112 Å². The van der Waals surface area contributed by atoms with Crippen LogP contribution < -0.4 is 10.6 Å². The van der Waals surface area contributed by atoms with Crippen LogP contribution in [0.5, 0.6) is 0 Å². The van der Waals surface area contributed by atoms with Gasteiger partial charge in [-0.3, -0.25) is 0 Å². The van der Waals surface area contributed by atoms with Gasteiger partial charge in [0.2, 0.25) is 0 Å². The van der Waals surface area contributed by atoms with Crippen molar-refractivity contribution in [3.8, 4) is 0 Å². The van der Waals surface area contributed by atoms with Gasteiger partial charge in [-0.25, -0.2) is 0 Å². The van der Waals surface area contributed by atoms with Crippen molar-refractivity contribution in [2.75, 3.05) is 19.6 Å². The van der Waals surface area contributed by atoms with E-state index in [0.29, 0.717) is 0 Å². The van der Waals surface area contributed by atoms with Gasteiger partial charge in [0.25, 0.3) is 0 Å². The van der Waals surface area contributed by atoms with Crippen molar-refractivity contribution < 1.29 is 0 Å². The van der Waals surface area contributed by atoms with Crippen LogP contribution in [0.25, 0.3) is 0 Å². The van der Waals surface area contributed by atoms with E-state index in [4.69, 9.17) is 0 Å². The van der Waals surface area contributed by atoms with Gasteiger partial charge in [0.15, 0.2) is 0 Å². The number of hydrogen-bond donors (Lipinski definition) is 2. The van der Waals surface area contributed by atoms with Gasteiger partial charge >= 0.3 is 0 Å². The van der Waals surface area contributed by atoms with Crippen LogP contribution in [-0.2, 0) is 12.0 Å². The van der Waals surface area contributed by atoms with E-state index in [1.807, 2.05) is 0 Å². The van der Waals surface area contributed by atoms with Crippen molar-refractivity contribution in [2.45, 2.75) is 46.1 Å². The van der Waals surface area contributed by atoms with Gasteiger partial charge in [-0.05, 0) is 29.5 Å². The molecule has 2 heteroatoms. The van der Waals surface area contributed by atoms with Gasteiger partial charge in [-0.1, -0.05) is 52.0 Å². The maximum atomic E-state index is 3.51. The molecule has 1 rings (SSSR count). The summed E-state index contributed by atoms with van der Waals surface area (Å²) in [6.07, 6.45) is 1.20. The molecular weight excluding hydrogens is 220 g/mol. The molecule has 0 spiro atoms.